The Morgan fingerprint density at radius 1 is 1.20 bits per heavy atom. The number of nitrogens with zero attached hydrogens (tertiary/aromatic N) is 2. The van der Waals surface area contributed by atoms with E-state index in [-0.39, 0.29) is 17.7 Å². The molecule has 0 spiro atoms. The minimum Gasteiger partial charge on any atom is -0.493 e. The topological polar surface area (TPSA) is 71.5 Å². The van der Waals surface area contributed by atoms with Gasteiger partial charge in [-0.05, 0) is 68.5 Å². The number of pyridine rings is 1. The molecule has 160 valence electrons. The number of aryl methyl sites for hydroxylation is 2. The zero-order chi connectivity index (χ0) is 21.5. The van der Waals surface area contributed by atoms with Gasteiger partial charge in [0, 0.05) is 36.6 Å². The van der Waals surface area contributed by atoms with Crippen LogP contribution < -0.4 is 10.1 Å². The van der Waals surface area contributed by atoms with E-state index in [0.717, 1.165) is 16.9 Å². The second kappa shape index (κ2) is 10.4. The van der Waals surface area contributed by atoms with E-state index in [2.05, 4.69) is 10.3 Å². The van der Waals surface area contributed by atoms with Crippen LogP contribution >= 0.6 is 11.6 Å². The van der Waals surface area contributed by atoms with Gasteiger partial charge >= 0.3 is 0 Å². The smallest absolute Gasteiger partial charge is 0.228 e. The van der Waals surface area contributed by atoms with Gasteiger partial charge in [-0.1, -0.05) is 17.7 Å². The van der Waals surface area contributed by atoms with Crippen molar-refractivity contribution in [3.8, 4) is 5.75 Å². The molecule has 1 aliphatic heterocycles. The van der Waals surface area contributed by atoms with Crippen LogP contribution in [0.4, 0.5) is 5.82 Å². The van der Waals surface area contributed by atoms with Crippen LogP contribution in [0.3, 0.4) is 0 Å². The van der Waals surface area contributed by atoms with Gasteiger partial charge in [0.15, 0.2) is 0 Å². The number of anilines is 1. The highest BCUT2D eigenvalue weighted by atomic mass is 35.5. The minimum atomic E-state index is -0.0895. The number of ether oxygens (including phenoxy) is 1. The van der Waals surface area contributed by atoms with Crippen molar-refractivity contribution in [2.24, 2.45) is 5.92 Å². The van der Waals surface area contributed by atoms with Gasteiger partial charge in [-0.2, -0.15) is 0 Å². The molecule has 1 aromatic carbocycles. The molecular weight excluding hydrogens is 402 g/mol. The molecule has 1 N–H and O–H groups in total. The molecule has 0 radical (unpaired) electrons. The normalized spacial score (nSPS) is 14.4. The van der Waals surface area contributed by atoms with Crippen molar-refractivity contribution in [1.82, 2.24) is 9.88 Å². The maximum atomic E-state index is 12.5. The molecule has 3 rings (SSSR count). The average Bonchev–Trinajstić information content (AvgIpc) is 2.74. The summed E-state index contributed by atoms with van der Waals surface area (Å²) in [6.07, 6.45) is 4.17. The number of benzene rings is 1. The molecule has 6 nitrogen and oxygen atoms in total. The first-order chi connectivity index (χ1) is 14.4. The molecule has 2 aromatic rings. The number of hydrogen-bond donors (Lipinski definition) is 1. The molecule has 1 aromatic heterocycles. The number of rotatable bonds is 7. The first-order valence-electron chi connectivity index (χ1n) is 10.3. The second-order valence-electron chi connectivity index (χ2n) is 7.73. The predicted octanol–water partition coefficient (Wildman–Crippen LogP) is 4.39. The first kappa shape index (κ1) is 22.1. The quantitative estimate of drug-likeness (QED) is 0.662. The molecule has 30 heavy (non-hydrogen) atoms. The Bertz CT molecular complexity index is 878. The Balaban J connectivity index is 1.36. The van der Waals surface area contributed by atoms with Crippen molar-refractivity contribution >= 4 is 29.2 Å². The van der Waals surface area contributed by atoms with Gasteiger partial charge in [0.1, 0.15) is 11.6 Å². The van der Waals surface area contributed by atoms with Gasteiger partial charge in [-0.15, -0.1) is 0 Å². The number of likely N-dealkylation sites (tertiary alicyclic amines) is 1. The highest BCUT2D eigenvalue weighted by molar-refractivity contribution is 6.30. The molecule has 0 atom stereocenters. The molecule has 1 aliphatic rings. The molecule has 0 unspecified atom stereocenters. The lowest BCUT2D eigenvalue weighted by atomic mass is 9.95. The van der Waals surface area contributed by atoms with Crippen molar-refractivity contribution in [3.05, 3.63) is 52.7 Å². The van der Waals surface area contributed by atoms with Gasteiger partial charge in [0.05, 0.1) is 6.61 Å². The molecule has 2 heterocycles. The van der Waals surface area contributed by atoms with Gasteiger partial charge in [0.2, 0.25) is 11.8 Å². The number of amides is 2. The van der Waals surface area contributed by atoms with Gasteiger partial charge in [-0.3, -0.25) is 9.59 Å². The Kier molecular flexibility index (Phi) is 7.69. The Morgan fingerprint density at radius 2 is 1.97 bits per heavy atom. The largest absolute Gasteiger partial charge is 0.493 e. The highest BCUT2D eigenvalue weighted by Gasteiger charge is 2.27. The zero-order valence-electron chi connectivity index (χ0n) is 17.5. The highest BCUT2D eigenvalue weighted by Crippen LogP contribution is 2.23. The maximum absolute atomic E-state index is 12.5. The van der Waals surface area contributed by atoms with E-state index in [1.165, 1.54) is 0 Å². The summed E-state index contributed by atoms with van der Waals surface area (Å²) in [5, 5.41) is 3.55. The predicted molar refractivity (Wildman–Crippen MR) is 118 cm³/mol. The first-order valence-corrected chi connectivity index (χ1v) is 10.7. The van der Waals surface area contributed by atoms with E-state index in [1.54, 1.807) is 18.3 Å². The molecular formula is C23H28ClN3O3. The Hall–Kier alpha value is -2.60. The third-order valence-corrected chi connectivity index (χ3v) is 5.55. The number of halogens is 1. The fourth-order valence-corrected chi connectivity index (χ4v) is 3.73. The third kappa shape index (κ3) is 6.20. The Morgan fingerprint density at radius 3 is 2.63 bits per heavy atom. The summed E-state index contributed by atoms with van der Waals surface area (Å²) in [5.74, 6) is 1.37. The van der Waals surface area contributed by atoms with Gasteiger partial charge in [0.25, 0.3) is 0 Å². The fourth-order valence-electron chi connectivity index (χ4n) is 3.50. The van der Waals surface area contributed by atoms with Crippen molar-refractivity contribution in [2.75, 3.05) is 25.0 Å². The minimum absolute atomic E-state index is 0.0230. The van der Waals surface area contributed by atoms with Crippen LogP contribution in [0.25, 0.3) is 0 Å². The molecule has 0 saturated carbocycles. The molecule has 1 saturated heterocycles. The van der Waals surface area contributed by atoms with Crippen LogP contribution in [-0.2, 0) is 9.59 Å². The lowest BCUT2D eigenvalue weighted by molar-refractivity contribution is -0.134. The number of hydrogen-bond acceptors (Lipinski definition) is 4. The Labute approximate surface area is 182 Å². The second-order valence-corrected chi connectivity index (χ2v) is 8.16. The summed E-state index contributed by atoms with van der Waals surface area (Å²) in [5.41, 5.74) is 2.03. The van der Waals surface area contributed by atoms with Crippen LogP contribution in [0.2, 0.25) is 5.02 Å². The maximum Gasteiger partial charge on any atom is 0.228 e. The summed E-state index contributed by atoms with van der Waals surface area (Å²) in [4.78, 5) is 31.0. The van der Waals surface area contributed by atoms with E-state index in [4.69, 9.17) is 16.3 Å². The van der Waals surface area contributed by atoms with Crippen LogP contribution in [0.1, 0.15) is 36.8 Å². The summed E-state index contributed by atoms with van der Waals surface area (Å²) >= 11 is 5.95. The number of carbonyl (C=O) groups is 2. The zero-order valence-corrected chi connectivity index (χ0v) is 18.2. The van der Waals surface area contributed by atoms with Crippen LogP contribution in [0, 0.1) is 19.8 Å². The molecule has 0 bridgehead atoms. The number of nitrogens with one attached hydrogen (secondary N) is 1. The number of piperidine rings is 1. The van der Waals surface area contributed by atoms with Gasteiger partial charge in [-0.25, -0.2) is 4.98 Å². The van der Waals surface area contributed by atoms with Crippen LogP contribution in [0.5, 0.6) is 5.75 Å². The van der Waals surface area contributed by atoms with Gasteiger partial charge < -0.3 is 15.0 Å². The van der Waals surface area contributed by atoms with Crippen molar-refractivity contribution in [2.45, 2.75) is 39.5 Å². The average molecular weight is 430 g/mol. The van der Waals surface area contributed by atoms with Crippen molar-refractivity contribution in [1.29, 1.82) is 0 Å². The summed E-state index contributed by atoms with van der Waals surface area (Å²) < 4.78 is 5.75. The van der Waals surface area contributed by atoms with E-state index >= 15 is 0 Å². The lowest BCUT2D eigenvalue weighted by Gasteiger charge is -2.31. The van der Waals surface area contributed by atoms with E-state index in [9.17, 15) is 9.59 Å². The fraction of sp³-hybridized carbons (Fsp3) is 0.435. The number of carbonyl (C=O) groups excluding carboxylic acids is 2. The SMILES string of the molecule is Cc1ccc(NC(=O)C2CCN(C(=O)CCCOc3ccc(Cl)cc3C)CC2)nc1. The van der Waals surface area contributed by atoms with Crippen molar-refractivity contribution in [3.63, 3.8) is 0 Å². The lowest BCUT2D eigenvalue weighted by Crippen LogP contribution is -2.41. The molecule has 7 heteroatoms. The summed E-state index contributed by atoms with van der Waals surface area (Å²) in [7, 11) is 0. The number of aromatic nitrogens is 1. The monoisotopic (exact) mass is 429 g/mol. The van der Waals surface area contributed by atoms with E-state index in [0.29, 0.717) is 56.2 Å². The molecule has 1 fully saturated rings. The summed E-state index contributed by atoms with van der Waals surface area (Å²) in [6.45, 7) is 5.60. The third-order valence-electron chi connectivity index (χ3n) is 5.31. The summed E-state index contributed by atoms with van der Waals surface area (Å²) in [6, 6.07) is 9.23. The van der Waals surface area contributed by atoms with Crippen molar-refractivity contribution < 1.29 is 14.3 Å². The molecule has 0 aliphatic carbocycles. The molecule has 2 amide bonds. The van der Waals surface area contributed by atoms with Crippen LogP contribution in [-0.4, -0.2) is 41.4 Å². The standard InChI is InChI=1S/C23H28ClN3O3/c1-16-5-8-21(25-15-16)26-23(29)18-9-11-27(12-10-18)22(28)4-3-13-30-20-7-6-19(24)14-17(20)2/h5-8,14-15,18H,3-4,9-13H2,1-2H3,(H,25,26,29). The van der Waals surface area contributed by atoms with E-state index in [1.807, 2.05) is 36.9 Å². The van der Waals surface area contributed by atoms with E-state index < -0.39 is 0 Å². The van der Waals surface area contributed by atoms with Crippen LogP contribution in [0.15, 0.2) is 36.5 Å².